The molecule has 2 rings (SSSR count). The molecule has 2 aromatic rings. The molecule has 4 heteroatoms. The van der Waals surface area contributed by atoms with Crippen LogP contribution in [-0.4, -0.2) is 20.9 Å². The Morgan fingerprint density at radius 3 is 2.61 bits per heavy atom. The molecule has 0 aliphatic heterocycles. The normalized spacial score (nSPS) is 12.3. The largest absolute Gasteiger partial charge is 0.478 e. The van der Waals surface area contributed by atoms with Crippen molar-refractivity contribution in [1.29, 1.82) is 0 Å². The molecule has 1 unspecified atom stereocenters. The lowest BCUT2D eigenvalue weighted by Gasteiger charge is -2.07. The third-order valence-corrected chi connectivity index (χ3v) is 3.05. The van der Waals surface area contributed by atoms with Gasteiger partial charge in [-0.25, -0.2) is 4.79 Å². The number of hydrogen-bond acceptors (Lipinski definition) is 2. The van der Waals surface area contributed by atoms with Crippen molar-refractivity contribution in [3.8, 4) is 11.3 Å². The highest BCUT2D eigenvalue weighted by Crippen LogP contribution is 2.24. The van der Waals surface area contributed by atoms with Crippen molar-refractivity contribution < 1.29 is 9.90 Å². The van der Waals surface area contributed by atoms with Crippen molar-refractivity contribution in [2.45, 2.75) is 26.3 Å². The van der Waals surface area contributed by atoms with Gasteiger partial charge in [0.05, 0.1) is 0 Å². The zero-order valence-electron chi connectivity index (χ0n) is 10.5. The van der Waals surface area contributed by atoms with Crippen molar-refractivity contribution in [2.75, 3.05) is 0 Å². The second-order valence-electron chi connectivity index (χ2n) is 4.30. The van der Waals surface area contributed by atoms with Crippen LogP contribution in [0, 0.1) is 0 Å². The summed E-state index contributed by atoms with van der Waals surface area (Å²) < 4.78 is 1.73. The van der Waals surface area contributed by atoms with Crippen molar-refractivity contribution in [3.63, 3.8) is 0 Å². The highest BCUT2D eigenvalue weighted by Gasteiger charge is 2.18. The minimum atomic E-state index is -0.941. The highest BCUT2D eigenvalue weighted by molar-refractivity contribution is 5.94. The first-order valence-corrected chi connectivity index (χ1v) is 6.01. The van der Waals surface area contributed by atoms with E-state index >= 15 is 0 Å². The van der Waals surface area contributed by atoms with Gasteiger partial charge in [-0.2, -0.15) is 5.10 Å². The molecular weight excluding hydrogens is 228 g/mol. The Morgan fingerprint density at radius 1 is 1.39 bits per heavy atom. The smallest absolute Gasteiger partial charge is 0.339 e. The van der Waals surface area contributed by atoms with Gasteiger partial charge in [0.15, 0.2) is 0 Å². The first kappa shape index (κ1) is 12.4. The number of carbonyl (C=O) groups is 1. The van der Waals surface area contributed by atoms with Gasteiger partial charge in [0.1, 0.15) is 11.3 Å². The van der Waals surface area contributed by atoms with Gasteiger partial charge in [-0.3, -0.25) is 4.68 Å². The Hall–Kier alpha value is -2.10. The van der Waals surface area contributed by atoms with Crippen LogP contribution in [0.4, 0.5) is 0 Å². The summed E-state index contributed by atoms with van der Waals surface area (Å²) in [7, 11) is 0. The third kappa shape index (κ3) is 2.27. The van der Waals surface area contributed by atoms with Crippen LogP contribution in [0.1, 0.15) is 36.7 Å². The fraction of sp³-hybridized carbons (Fsp3) is 0.286. The topological polar surface area (TPSA) is 55.1 Å². The Labute approximate surface area is 106 Å². The van der Waals surface area contributed by atoms with Crippen LogP contribution in [0.5, 0.6) is 0 Å². The van der Waals surface area contributed by atoms with Crippen LogP contribution in [0.25, 0.3) is 11.3 Å². The van der Waals surface area contributed by atoms with Gasteiger partial charge in [-0.1, -0.05) is 37.3 Å². The quantitative estimate of drug-likeness (QED) is 0.898. The van der Waals surface area contributed by atoms with Crippen molar-refractivity contribution in [2.24, 2.45) is 0 Å². The molecule has 94 valence electrons. The van der Waals surface area contributed by atoms with Gasteiger partial charge in [-0.05, 0) is 13.3 Å². The molecule has 1 heterocycles. The molecule has 0 amide bonds. The lowest BCUT2D eigenvalue weighted by molar-refractivity contribution is 0.0697. The predicted molar refractivity (Wildman–Crippen MR) is 69.6 cm³/mol. The predicted octanol–water partition coefficient (Wildman–Crippen LogP) is 3.22. The summed E-state index contributed by atoms with van der Waals surface area (Å²) in [6.07, 6.45) is 2.52. The molecular formula is C14H16N2O2. The lowest BCUT2D eigenvalue weighted by atomic mass is 10.1. The van der Waals surface area contributed by atoms with Gasteiger partial charge >= 0.3 is 5.97 Å². The molecule has 0 spiro atoms. The van der Waals surface area contributed by atoms with E-state index in [1.807, 2.05) is 37.3 Å². The van der Waals surface area contributed by atoms with Crippen LogP contribution in [-0.2, 0) is 0 Å². The summed E-state index contributed by atoms with van der Waals surface area (Å²) in [5, 5.41) is 13.6. The molecule has 1 aromatic carbocycles. The molecule has 1 N–H and O–H groups in total. The summed E-state index contributed by atoms with van der Waals surface area (Å²) in [5.74, 6) is -0.941. The van der Waals surface area contributed by atoms with Crippen molar-refractivity contribution in [1.82, 2.24) is 9.78 Å². The highest BCUT2D eigenvalue weighted by atomic mass is 16.4. The zero-order valence-corrected chi connectivity index (χ0v) is 10.5. The minimum Gasteiger partial charge on any atom is -0.478 e. The van der Waals surface area contributed by atoms with E-state index in [0.717, 1.165) is 12.0 Å². The SMILES string of the molecule is CCC(C)n1cc(C(=O)O)c(-c2ccccc2)n1. The van der Waals surface area contributed by atoms with Crippen molar-refractivity contribution >= 4 is 5.97 Å². The van der Waals surface area contributed by atoms with E-state index in [1.165, 1.54) is 0 Å². The van der Waals surface area contributed by atoms with Gasteiger partial charge in [0, 0.05) is 17.8 Å². The number of hydrogen-bond donors (Lipinski definition) is 1. The number of aromatic nitrogens is 2. The average Bonchev–Trinajstić information content (AvgIpc) is 2.84. The minimum absolute atomic E-state index is 0.195. The molecule has 1 aromatic heterocycles. The average molecular weight is 244 g/mol. The maximum atomic E-state index is 11.3. The van der Waals surface area contributed by atoms with Crippen LogP contribution < -0.4 is 0 Å². The second-order valence-corrected chi connectivity index (χ2v) is 4.30. The van der Waals surface area contributed by atoms with E-state index in [2.05, 4.69) is 12.0 Å². The maximum Gasteiger partial charge on any atom is 0.339 e. The Bertz CT molecular complexity index is 546. The van der Waals surface area contributed by atoms with Gasteiger partial charge in [0.2, 0.25) is 0 Å². The van der Waals surface area contributed by atoms with Crippen LogP contribution >= 0.6 is 0 Å². The van der Waals surface area contributed by atoms with E-state index in [1.54, 1.807) is 10.9 Å². The Morgan fingerprint density at radius 2 is 2.06 bits per heavy atom. The monoisotopic (exact) mass is 244 g/mol. The number of rotatable bonds is 4. The first-order chi connectivity index (χ1) is 8.63. The zero-order chi connectivity index (χ0) is 13.1. The molecule has 0 fully saturated rings. The summed E-state index contributed by atoms with van der Waals surface area (Å²) in [5.41, 5.74) is 1.61. The molecule has 0 aliphatic carbocycles. The Kier molecular flexibility index (Phi) is 3.46. The molecule has 1 atom stereocenters. The number of benzene rings is 1. The van der Waals surface area contributed by atoms with E-state index in [0.29, 0.717) is 5.69 Å². The molecule has 0 aliphatic rings. The fourth-order valence-electron chi connectivity index (χ4n) is 1.77. The van der Waals surface area contributed by atoms with E-state index in [9.17, 15) is 9.90 Å². The standard InChI is InChI=1S/C14H16N2O2/c1-3-10(2)16-9-12(14(17)18)13(15-16)11-7-5-4-6-8-11/h4-10H,3H2,1-2H3,(H,17,18). The van der Waals surface area contributed by atoms with Gasteiger partial charge < -0.3 is 5.11 Å². The summed E-state index contributed by atoms with van der Waals surface area (Å²) in [6, 6.07) is 9.59. The van der Waals surface area contributed by atoms with Crippen LogP contribution in [0.3, 0.4) is 0 Å². The molecule has 0 bridgehead atoms. The van der Waals surface area contributed by atoms with Crippen LogP contribution in [0.2, 0.25) is 0 Å². The number of nitrogens with zero attached hydrogens (tertiary/aromatic N) is 2. The number of carboxylic acids is 1. The molecule has 4 nitrogen and oxygen atoms in total. The van der Waals surface area contributed by atoms with Crippen molar-refractivity contribution in [3.05, 3.63) is 42.1 Å². The summed E-state index contributed by atoms with van der Waals surface area (Å²) in [6.45, 7) is 4.07. The third-order valence-electron chi connectivity index (χ3n) is 3.05. The summed E-state index contributed by atoms with van der Waals surface area (Å²) >= 11 is 0. The van der Waals surface area contributed by atoms with Gasteiger partial charge in [-0.15, -0.1) is 0 Å². The summed E-state index contributed by atoms with van der Waals surface area (Å²) in [4.78, 5) is 11.3. The first-order valence-electron chi connectivity index (χ1n) is 6.01. The molecule has 18 heavy (non-hydrogen) atoms. The second kappa shape index (κ2) is 5.04. The molecule has 0 saturated heterocycles. The number of aromatic carboxylic acids is 1. The molecule has 0 saturated carbocycles. The maximum absolute atomic E-state index is 11.3. The van der Waals surface area contributed by atoms with E-state index in [4.69, 9.17) is 0 Å². The lowest BCUT2D eigenvalue weighted by Crippen LogP contribution is -2.04. The van der Waals surface area contributed by atoms with E-state index in [-0.39, 0.29) is 11.6 Å². The number of carboxylic acid groups (broad SMARTS) is 1. The Balaban J connectivity index is 2.52. The van der Waals surface area contributed by atoms with Crippen LogP contribution in [0.15, 0.2) is 36.5 Å². The van der Waals surface area contributed by atoms with E-state index < -0.39 is 5.97 Å². The fourth-order valence-corrected chi connectivity index (χ4v) is 1.77. The van der Waals surface area contributed by atoms with Gasteiger partial charge in [0.25, 0.3) is 0 Å². The molecule has 0 radical (unpaired) electrons.